The minimum Gasteiger partial charge on any atom is -0.486 e. The van der Waals surface area contributed by atoms with E-state index in [1.165, 1.54) is 12.0 Å². The van der Waals surface area contributed by atoms with Crippen molar-refractivity contribution in [1.82, 2.24) is 0 Å². The Balaban J connectivity index is 2.05. The summed E-state index contributed by atoms with van der Waals surface area (Å²) in [4.78, 5) is 12.2. The summed E-state index contributed by atoms with van der Waals surface area (Å²) in [5.74, 6) is 1.01. The van der Waals surface area contributed by atoms with Crippen molar-refractivity contribution < 1.29 is 9.53 Å². The molecule has 90 valence electrons. The van der Waals surface area contributed by atoms with Gasteiger partial charge in [-0.3, -0.25) is 4.79 Å². The number of fused-ring (bicyclic) bond motifs is 1. The number of benzene rings is 1. The second kappa shape index (κ2) is 3.84. The van der Waals surface area contributed by atoms with Gasteiger partial charge in [0.15, 0.2) is 5.78 Å². The van der Waals surface area contributed by atoms with Gasteiger partial charge in [-0.2, -0.15) is 0 Å². The van der Waals surface area contributed by atoms with Crippen LogP contribution in [-0.4, -0.2) is 11.4 Å². The molecule has 3 heteroatoms. The van der Waals surface area contributed by atoms with Crippen LogP contribution in [0.15, 0.2) is 16.6 Å². The lowest BCUT2D eigenvalue weighted by Gasteiger charge is -2.44. The van der Waals surface area contributed by atoms with Crippen molar-refractivity contribution in [3.8, 4) is 5.75 Å². The number of hydrogen-bond acceptors (Lipinski definition) is 2. The summed E-state index contributed by atoms with van der Waals surface area (Å²) in [7, 11) is 0. The molecule has 1 aliphatic carbocycles. The fraction of sp³-hybridized carbons (Fsp3) is 0.500. The van der Waals surface area contributed by atoms with Gasteiger partial charge in [0, 0.05) is 4.47 Å². The van der Waals surface area contributed by atoms with Crippen molar-refractivity contribution in [2.45, 2.75) is 44.6 Å². The van der Waals surface area contributed by atoms with Crippen LogP contribution < -0.4 is 4.74 Å². The molecular formula is C14H15BrO2. The van der Waals surface area contributed by atoms with Gasteiger partial charge in [0.25, 0.3) is 0 Å². The molecule has 1 aromatic carbocycles. The Bertz CT molecular complexity index is 489. The summed E-state index contributed by atoms with van der Waals surface area (Å²) in [6, 6.07) is 3.94. The Morgan fingerprint density at radius 1 is 1.41 bits per heavy atom. The fourth-order valence-corrected chi connectivity index (χ4v) is 3.28. The van der Waals surface area contributed by atoms with Gasteiger partial charge in [-0.15, -0.1) is 0 Å². The summed E-state index contributed by atoms with van der Waals surface area (Å²) in [6.07, 6.45) is 4.70. The SMILES string of the molecule is CCc1cc2c(cc1Br)OC1(CCC1)CC2=O. The first-order chi connectivity index (χ1) is 8.13. The van der Waals surface area contributed by atoms with Crippen molar-refractivity contribution in [3.63, 3.8) is 0 Å². The highest BCUT2D eigenvalue weighted by Gasteiger charge is 2.45. The summed E-state index contributed by atoms with van der Waals surface area (Å²) >= 11 is 3.54. The number of Topliss-reactive ketones (excluding diaryl/α,β-unsaturated/α-hetero) is 1. The minimum atomic E-state index is -0.169. The van der Waals surface area contributed by atoms with Crippen LogP contribution in [0.5, 0.6) is 5.75 Å². The Morgan fingerprint density at radius 2 is 2.18 bits per heavy atom. The lowest BCUT2D eigenvalue weighted by molar-refractivity contribution is -0.0177. The monoisotopic (exact) mass is 294 g/mol. The second-order valence-corrected chi connectivity index (χ2v) is 5.89. The molecule has 0 bridgehead atoms. The predicted octanol–water partition coefficient (Wildman–Crippen LogP) is 3.90. The highest BCUT2D eigenvalue weighted by atomic mass is 79.9. The zero-order chi connectivity index (χ0) is 12.0. The van der Waals surface area contributed by atoms with Crippen molar-refractivity contribution in [3.05, 3.63) is 27.7 Å². The Labute approximate surface area is 109 Å². The average molecular weight is 295 g/mol. The first-order valence-electron chi connectivity index (χ1n) is 6.18. The lowest BCUT2D eigenvalue weighted by atomic mass is 9.74. The number of halogens is 1. The Morgan fingerprint density at radius 3 is 2.76 bits per heavy atom. The van der Waals surface area contributed by atoms with E-state index in [1.54, 1.807) is 0 Å². The maximum Gasteiger partial charge on any atom is 0.170 e. The van der Waals surface area contributed by atoms with E-state index in [1.807, 2.05) is 12.1 Å². The molecule has 0 amide bonds. The molecule has 2 nitrogen and oxygen atoms in total. The number of aryl methyl sites for hydroxylation is 1. The molecule has 1 saturated carbocycles. The largest absolute Gasteiger partial charge is 0.486 e. The first-order valence-corrected chi connectivity index (χ1v) is 6.97. The summed E-state index contributed by atoms with van der Waals surface area (Å²) in [5, 5.41) is 0. The van der Waals surface area contributed by atoms with Gasteiger partial charge in [-0.1, -0.05) is 22.9 Å². The zero-order valence-electron chi connectivity index (χ0n) is 9.88. The quantitative estimate of drug-likeness (QED) is 0.785. The third kappa shape index (κ3) is 1.71. The average Bonchev–Trinajstić information content (AvgIpc) is 2.26. The third-order valence-electron chi connectivity index (χ3n) is 3.90. The molecule has 2 aliphatic rings. The topological polar surface area (TPSA) is 26.3 Å². The van der Waals surface area contributed by atoms with E-state index in [4.69, 9.17) is 4.74 Å². The number of ketones is 1. The van der Waals surface area contributed by atoms with Gasteiger partial charge in [0.2, 0.25) is 0 Å². The van der Waals surface area contributed by atoms with Crippen molar-refractivity contribution in [2.24, 2.45) is 0 Å². The molecule has 1 aliphatic heterocycles. The van der Waals surface area contributed by atoms with Crippen LogP contribution in [0.2, 0.25) is 0 Å². The van der Waals surface area contributed by atoms with E-state index in [0.29, 0.717) is 6.42 Å². The summed E-state index contributed by atoms with van der Waals surface area (Å²) < 4.78 is 7.10. The molecule has 3 rings (SSSR count). The molecule has 0 saturated heterocycles. The summed E-state index contributed by atoms with van der Waals surface area (Å²) in [6.45, 7) is 2.09. The molecule has 1 aromatic rings. The van der Waals surface area contributed by atoms with Crippen LogP contribution in [-0.2, 0) is 6.42 Å². The van der Waals surface area contributed by atoms with Crippen LogP contribution >= 0.6 is 15.9 Å². The third-order valence-corrected chi connectivity index (χ3v) is 4.64. The van der Waals surface area contributed by atoms with Crippen molar-refractivity contribution in [1.29, 1.82) is 0 Å². The molecule has 1 heterocycles. The van der Waals surface area contributed by atoms with Crippen LogP contribution in [0.25, 0.3) is 0 Å². The number of rotatable bonds is 1. The number of ether oxygens (including phenoxy) is 1. The van der Waals surface area contributed by atoms with Gasteiger partial charge in [-0.25, -0.2) is 0 Å². The van der Waals surface area contributed by atoms with Crippen molar-refractivity contribution in [2.75, 3.05) is 0 Å². The fourth-order valence-electron chi connectivity index (χ4n) is 2.68. The summed E-state index contributed by atoms with van der Waals surface area (Å²) in [5.41, 5.74) is 1.77. The molecule has 1 fully saturated rings. The molecule has 0 unspecified atom stereocenters. The standard InChI is InChI=1S/C14H15BrO2/c1-2-9-6-10-12(16)8-14(4-3-5-14)17-13(10)7-11(9)15/h6-7H,2-5,8H2,1H3. The van der Waals surface area contributed by atoms with E-state index >= 15 is 0 Å². The number of carbonyl (C=O) groups is 1. The molecule has 0 aromatic heterocycles. The number of hydrogen-bond donors (Lipinski definition) is 0. The van der Waals surface area contributed by atoms with Gasteiger partial charge in [0.1, 0.15) is 11.4 Å². The maximum atomic E-state index is 12.2. The van der Waals surface area contributed by atoms with Crippen LogP contribution in [0, 0.1) is 0 Å². The van der Waals surface area contributed by atoms with Gasteiger partial charge < -0.3 is 4.74 Å². The maximum absolute atomic E-state index is 12.2. The zero-order valence-corrected chi connectivity index (χ0v) is 11.5. The molecule has 0 atom stereocenters. The Hall–Kier alpha value is -0.830. The molecule has 1 spiro atoms. The van der Waals surface area contributed by atoms with Crippen LogP contribution in [0.4, 0.5) is 0 Å². The van der Waals surface area contributed by atoms with Crippen LogP contribution in [0.3, 0.4) is 0 Å². The normalized spacial score (nSPS) is 20.7. The predicted molar refractivity (Wildman–Crippen MR) is 69.7 cm³/mol. The van der Waals surface area contributed by atoms with Crippen molar-refractivity contribution >= 4 is 21.7 Å². The van der Waals surface area contributed by atoms with Gasteiger partial charge in [-0.05, 0) is 43.4 Å². The van der Waals surface area contributed by atoms with E-state index in [2.05, 4.69) is 22.9 Å². The Kier molecular flexibility index (Phi) is 2.54. The highest BCUT2D eigenvalue weighted by molar-refractivity contribution is 9.10. The molecular weight excluding hydrogens is 280 g/mol. The van der Waals surface area contributed by atoms with Crippen LogP contribution in [0.1, 0.15) is 48.5 Å². The van der Waals surface area contributed by atoms with E-state index in [9.17, 15) is 4.79 Å². The lowest BCUT2D eigenvalue weighted by Crippen LogP contribution is -2.47. The second-order valence-electron chi connectivity index (χ2n) is 5.03. The van der Waals surface area contributed by atoms with Gasteiger partial charge >= 0.3 is 0 Å². The van der Waals surface area contributed by atoms with E-state index in [-0.39, 0.29) is 11.4 Å². The first kappa shape index (κ1) is 11.3. The highest BCUT2D eigenvalue weighted by Crippen LogP contribution is 2.45. The van der Waals surface area contributed by atoms with E-state index < -0.39 is 0 Å². The smallest absolute Gasteiger partial charge is 0.170 e. The molecule has 0 N–H and O–H groups in total. The number of carbonyl (C=O) groups excluding carboxylic acids is 1. The molecule has 17 heavy (non-hydrogen) atoms. The van der Waals surface area contributed by atoms with Gasteiger partial charge in [0.05, 0.1) is 12.0 Å². The minimum absolute atomic E-state index is 0.169. The molecule has 0 radical (unpaired) electrons. The van der Waals surface area contributed by atoms with E-state index in [0.717, 1.165) is 35.0 Å².